The molecular weight excluding hydrogens is 284 g/mol. The van der Waals surface area contributed by atoms with Crippen molar-refractivity contribution in [1.29, 1.82) is 0 Å². The molecule has 1 aliphatic rings. The third kappa shape index (κ3) is 4.25. The van der Waals surface area contributed by atoms with Crippen LogP contribution < -0.4 is 11.1 Å². The molecule has 21 heavy (non-hydrogen) atoms. The molecule has 0 spiro atoms. The Kier molecular flexibility index (Phi) is 5.31. The molecule has 1 aliphatic heterocycles. The van der Waals surface area contributed by atoms with Crippen molar-refractivity contribution in [1.82, 2.24) is 5.32 Å². The largest absolute Gasteiger partial charge is 0.392 e. The van der Waals surface area contributed by atoms with Crippen LogP contribution >= 0.6 is 12.2 Å². The van der Waals surface area contributed by atoms with Gasteiger partial charge in [0.1, 0.15) is 5.92 Å². The van der Waals surface area contributed by atoms with Crippen molar-refractivity contribution in [2.45, 2.75) is 25.7 Å². The van der Waals surface area contributed by atoms with Gasteiger partial charge in [0, 0.05) is 19.8 Å². The number of benzene rings is 1. The molecule has 1 amide bonds. The maximum Gasteiger partial charge on any atom is 0.234 e. The first-order valence-corrected chi connectivity index (χ1v) is 7.62. The van der Waals surface area contributed by atoms with Crippen LogP contribution in [0, 0.1) is 5.41 Å². The van der Waals surface area contributed by atoms with Gasteiger partial charge in [0.15, 0.2) is 0 Å². The minimum Gasteiger partial charge on any atom is -0.392 e. The van der Waals surface area contributed by atoms with Crippen molar-refractivity contribution in [3.63, 3.8) is 0 Å². The van der Waals surface area contributed by atoms with Gasteiger partial charge in [-0.15, -0.1) is 0 Å². The number of hydrogen-bond donors (Lipinski definition) is 2. The van der Waals surface area contributed by atoms with Gasteiger partial charge in [0.25, 0.3) is 0 Å². The zero-order valence-corrected chi connectivity index (χ0v) is 13.1. The van der Waals surface area contributed by atoms with Crippen molar-refractivity contribution in [3.8, 4) is 0 Å². The summed E-state index contributed by atoms with van der Waals surface area (Å²) in [4.78, 5) is 12.7. The summed E-state index contributed by atoms with van der Waals surface area (Å²) in [5, 5.41) is 3.01. The zero-order valence-electron chi connectivity index (χ0n) is 12.3. The molecule has 1 aromatic carbocycles. The van der Waals surface area contributed by atoms with Gasteiger partial charge in [0.05, 0.1) is 4.99 Å². The van der Waals surface area contributed by atoms with Crippen LogP contribution in [-0.4, -0.2) is 30.7 Å². The van der Waals surface area contributed by atoms with Crippen molar-refractivity contribution in [2.75, 3.05) is 19.8 Å². The number of thiocarbonyl (C=S) groups is 1. The van der Waals surface area contributed by atoms with Crippen molar-refractivity contribution in [2.24, 2.45) is 11.1 Å². The molecule has 1 fully saturated rings. The second-order valence-electron chi connectivity index (χ2n) is 5.89. The Labute approximate surface area is 131 Å². The Morgan fingerprint density at radius 2 is 2.00 bits per heavy atom. The maximum absolute atomic E-state index is 12.5. The van der Waals surface area contributed by atoms with Crippen molar-refractivity contribution in [3.05, 3.63) is 35.9 Å². The quantitative estimate of drug-likeness (QED) is 0.817. The predicted octanol–water partition coefficient (Wildman–Crippen LogP) is 1.99. The number of hydrogen-bond acceptors (Lipinski definition) is 3. The molecule has 1 heterocycles. The minimum absolute atomic E-state index is 0.0887. The van der Waals surface area contributed by atoms with Crippen molar-refractivity contribution >= 4 is 23.1 Å². The second kappa shape index (κ2) is 7.00. The van der Waals surface area contributed by atoms with Crippen LogP contribution in [0.1, 0.15) is 31.2 Å². The fourth-order valence-corrected chi connectivity index (χ4v) is 2.78. The van der Waals surface area contributed by atoms with Gasteiger partial charge in [-0.3, -0.25) is 4.79 Å². The molecule has 1 atom stereocenters. The van der Waals surface area contributed by atoms with E-state index in [4.69, 9.17) is 22.7 Å². The lowest BCUT2D eigenvalue weighted by Crippen LogP contribution is -2.43. The zero-order chi connectivity index (χ0) is 15.3. The average Bonchev–Trinajstić information content (AvgIpc) is 2.47. The van der Waals surface area contributed by atoms with E-state index in [1.165, 1.54) is 0 Å². The van der Waals surface area contributed by atoms with E-state index in [2.05, 4.69) is 12.2 Å². The van der Waals surface area contributed by atoms with Gasteiger partial charge in [0.2, 0.25) is 5.91 Å². The monoisotopic (exact) mass is 306 g/mol. The fourth-order valence-electron chi connectivity index (χ4n) is 2.53. The van der Waals surface area contributed by atoms with Gasteiger partial charge in [-0.1, -0.05) is 49.5 Å². The van der Waals surface area contributed by atoms with Crippen LogP contribution in [0.5, 0.6) is 0 Å². The van der Waals surface area contributed by atoms with Gasteiger partial charge in [-0.2, -0.15) is 0 Å². The smallest absolute Gasteiger partial charge is 0.234 e. The van der Waals surface area contributed by atoms with Crippen LogP contribution in [0.15, 0.2) is 30.3 Å². The summed E-state index contributed by atoms with van der Waals surface area (Å²) in [7, 11) is 0. The molecule has 0 bridgehead atoms. The molecule has 4 nitrogen and oxygen atoms in total. The number of rotatable bonds is 5. The summed E-state index contributed by atoms with van der Waals surface area (Å²) in [6, 6.07) is 9.42. The lowest BCUT2D eigenvalue weighted by Gasteiger charge is -2.34. The Balaban J connectivity index is 2.01. The molecule has 0 aliphatic carbocycles. The molecule has 1 saturated heterocycles. The number of nitrogens with one attached hydrogen (secondary N) is 1. The summed E-state index contributed by atoms with van der Waals surface area (Å²) in [5.74, 6) is -0.689. The summed E-state index contributed by atoms with van der Waals surface area (Å²) in [6.45, 7) is 4.31. The molecule has 0 radical (unpaired) electrons. The SMILES string of the molecule is CC1(CNC(=O)C(C(N)=S)c2ccccc2)CCOCC1. The Bertz CT molecular complexity index is 498. The fraction of sp³-hybridized carbons (Fsp3) is 0.500. The standard InChI is InChI=1S/C16H22N2O2S/c1-16(7-9-20-10-8-16)11-18-15(19)13(14(17)21)12-5-3-2-4-6-12/h2-6,13H,7-11H2,1H3,(H2,17,21)(H,18,19). The molecule has 1 unspecified atom stereocenters. The summed E-state index contributed by atoms with van der Waals surface area (Å²) in [5.41, 5.74) is 6.68. The molecule has 0 saturated carbocycles. The normalized spacial score (nSPS) is 18.7. The van der Waals surface area contributed by atoms with E-state index < -0.39 is 5.92 Å². The number of nitrogens with two attached hydrogens (primary N) is 1. The van der Waals surface area contributed by atoms with E-state index in [-0.39, 0.29) is 16.3 Å². The molecule has 114 valence electrons. The molecule has 1 aromatic rings. The Morgan fingerprint density at radius 3 is 2.57 bits per heavy atom. The topological polar surface area (TPSA) is 64.4 Å². The molecule has 3 N–H and O–H groups in total. The highest BCUT2D eigenvalue weighted by molar-refractivity contribution is 7.80. The van der Waals surface area contributed by atoms with Crippen LogP contribution in [0.25, 0.3) is 0 Å². The summed E-state index contributed by atoms with van der Waals surface area (Å²) < 4.78 is 5.37. The van der Waals surface area contributed by atoms with E-state index in [0.717, 1.165) is 31.6 Å². The highest BCUT2D eigenvalue weighted by Crippen LogP contribution is 2.29. The Morgan fingerprint density at radius 1 is 1.38 bits per heavy atom. The van der Waals surface area contributed by atoms with Gasteiger partial charge in [-0.05, 0) is 23.8 Å². The molecular formula is C16H22N2O2S. The van der Waals surface area contributed by atoms with Crippen molar-refractivity contribution < 1.29 is 9.53 Å². The predicted molar refractivity (Wildman–Crippen MR) is 87.1 cm³/mol. The molecule has 2 rings (SSSR count). The number of carbonyl (C=O) groups is 1. The summed E-state index contributed by atoms with van der Waals surface area (Å²) in [6.07, 6.45) is 1.91. The summed E-state index contributed by atoms with van der Waals surface area (Å²) >= 11 is 5.07. The number of ether oxygens (including phenoxy) is 1. The second-order valence-corrected chi connectivity index (χ2v) is 6.36. The van der Waals surface area contributed by atoms with E-state index in [9.17, 15) is 4.79 Å². The lowest BCUT2D eigenvalue weighted by atomic mass is 9.82. The first-order valence-electron chi connectivity index (χ1n) is 7.22. The van der Waals surface area contributed by atoms with E-state index in [0.29, 0.717) is 6.54 Å². The highest BCUT2D eigenvalue weighted by atomic mass is 32.1. The van der Waals surface area contributed by atoms with Crippen LogP contribution in [0.4, 0.5) is 0 Å². The van der Waals surface area contributed by atoms with Crippen LogP contribution in [0.3, 0.4) is 0 Å². The van der Waals surface area contributed by atoms with E-state index >= 15 is 0 Å². The highest BCUT2D eigenvalue weighted by Gasteiger charge is 2.30. The lowest BCUT2D eigenvalue weighted by molar-refractivity contribution is -0.122. The minimum atomic E-state index is -0.565. The van der Waals surface area contributed by atoms with Crippen LogP contribution in [-0.2, 0) is 9.53 Å². The molecule has 0 aromatic heterocycles. The maximum atomic E-state index is 12.5. The van der Waals surface area contributed by atoms with Gasteiger partial charge in [-0.25, -0.2) is 0 Å². The van der Waals surface area contributed by atoms with Gasteiger partial charge < -0.3 is 15.8 Å². The van der Waals surface area contributed by atoms with Gasteiger partial charge >= 0.3 is 0 Å². The first-order chi connectivity index (χ1) is 10.0. The van der Waals surface area contributed by atoms with E-state index in [1.807, 2.05) is 30.3 Å². The molecule has 5 heteroatoms. The number of amides is 1. The third-order valence-electron chi connectivity index (χ3n) is 4.07. The van der Waals surface area contributed by atoms with E-state index in [1.54, 1.807) is 0 Å². The van der Waals surface area contributed by atoms with Crippen LogP contribution in [0.2, 0.25) is 0 Å². The average molecular weight is 306 g/mol. The number of carbonyl (C=O) groups excluding carboxylic acids is 1. The Hall–Kier alpha value is -1.46. The first kappa shape index (κ1) is 15.9. The third-order valence-corrected chi connectivity index (χ3v) is 4.30.